The van der Waals surface area contributed by atoms with Crippen LogP contribution in [-0.2, 0) is 4.74 Å². The number of nitrogens with zero attached hydrogens (tertiary/aromatic N) is 3. The predicted octanol–water partition coefficient (Wildman–Crippen LogP) is 4.66. The third kappa shape index (κ3) is 5.11. The number of hydrogen-bond acceptors (Lipinski definition) is 6. The molecule has 0 bridgehead atoms. The Morgan fingerprint density at radius 3 is 2.51 bits per heavy atom. The Morgan fingerprint density at radius 1 is 1.26 bits per heavy atom. The first-order valence-corrected chi connectivity index (χ1v) is 12.1. The number of carbonyl (C=O) groups is 1. The van der Waals surface area contributed by atoms with Gasteiger partial charge < -0.3 is 19.9 Å². The highest BCUT2D eigenvalue weighted by atomic mass is 35.5. The number of hydrogen-bond donors (Lipinski definition) is 2. The van der Waals surface area contributed by atoms with E-state index in [2.05, 4.69) is 10.4 Å². The van der Waals surface area contributed by atoms with Crippen molar-refractivity contribution in [1.29, 1.82) is 0 Å². The van der Waals surface area contributed by atoms with Gasteiger partial charge in [-0.15, -0.1) is 5.10 Å². The predicted molar refractivity (Wildman–Crippen MR) is 126 cm³/mol. The van der Waals surface area contributed by atoms with Crippen molar-refractivity contribution >= 4 is 23.2 Å². The summed E-state index contributed by atoms with van der Waals surface area (Å²) in [5, 5.41) is 15.7. The van der Waals surface area contributed by atoms with E-state index in [0.29, 0.717) is 30.5 Å². The van der Waals surface area contributed by atoms with Crippen molar-refractivity contribution < 1.29 is 41.3 Å². The number of alkyl halides is 3. The highest BCUT2D eigenvalue weighted by molar-refractivity contribution is 6.34. The lowest BCUT2D eigenvalue weighted by molar-refractivity contribution is -0.189. The fourth-order valence-corrected chi connectivity index (χ4v) is 4.27. The second-order valence-corrected chi connectivity index (χ2v) is 9.51. The van der Waals surface area contributed by atoms with Crippen LogP contribution < -0.4 is 15.7 Å². The lowest BCUT2D eigenvalue weighted by atomic mass is 9.93. The van der Waals surface area contributed by atoms with Crippen molar-refractivity contribution in [3.8, 4) is 11.4 Å². The Bertz CT molecular complexity index is 1480. The number of aliphatic hydroxyl groups is 1. The number of halogens is 6. The number of carbonyl (C=O) groups excluding carboxylic acids is 1. The average molecular weight is 575 g/mol. The summed E-state index contributed by atoms with van der Waals surface area (Å²) in [5.74, 6) is -4.10. The van der Waals surface area contributed by atoms with Crippen LogP contribution in [-0.4, -0.2) is 43.9 Å². The van der Waals surface area contributed by atoms with Crippen molar-refractivity contribution in [1.82, 2.24) is 14.3 Å². The second-order valence-electron chi connectivity index (χ2n) is 9.11. The average Bonchev–Trinajstić information content (AvgIpc) is 3.47. The lowest BCUT2D eigenvalue weighted by Gasteiger charge is -2.26. The molecule has 2 unspecified atom stereocenters. The smallest absolute Gasteiger partial charge is 0.425 e. The number of amides is 1. The van der Waals surface area contributed by atoms with Crippen LogP contribution in [0.5, 0.6) is 5.75 Å². The molecule has 1 saturated carbocycles. The molecule has 39 heavy (non-hydrogen) atoms. The molecule has 2 aromatic carbocycles. The first-order chi connectivity index (χ1) is 18.4. The van der Waals surface area contributed by atoms with E-state index < -0.39 is 70.6 Å². The third-order valence-electron chi connectivity index (χ3n) is 6.49. The van der Waals surface area contributed by atoms with Gasteiger partial charge in [-0.1, -0.05) is 17.7 Å². The maximum atomic E-state index is 15.4. The molecular weight excluding hydrogens is 555 g/mol. The van der Waals surface area contributed by atoms with E-state index in [1.165, 1.54) is 16.7 Å². The SMILES string of the molecule is C[C@H](Oc1cc(-n2nc(C3OC3O)n(C3CCC3)c2=O)c(F)cc1C(=O)Nc1c(F)cccc1Cl)C(F)(F)F. The van der Waals surface area contributed by atoms with E-state index in [9.17, 15) is 32.3 Å². The monoisotopic (exact) mass is 574 g/mol. The van der Waals surface area contributed by atoms with Gasteiger partial charge in [-0.3, -0.25) is 9.36 Å². The maximum absolute atomic E-state index is 15.4. The number of ether oxygens (including phenoxy) is 2. The highest BCUT2D eigenvalue weighted by Crippen LogP contribution is 2.40. The Morgan fingerprint density at radius 2 is 1.95 bits per heavy atom. The van der Waals surface area contributed by atoms with Crippen LogP contribution in [0, 0.1) is 11.6 Å². The van der Waals surface area contributed by atoms with E-state index in [4.69, 9.17) is 21.1 Å². The van der Waals surface area contributed by atoms with Crippen LogP contribution in [0.3, 0.4) is 0 Å². The van der Waals surface area contributed by atoms with Crippen LogP contribution in [0.25, 0.3) is 5.69 Å². The zero-order valence-corrected chi connectivity index (χ0v) is 20.8. The van der Waals surface area contributed by atoms with Crippen molar-refractivity contribution in [2.75, 3.05) is 5.32 Å². The largest absolute Gasteiger partial charge is 0.480 e. The van der Waals surface area contributed by atoms with Crippen LogP contribution >= 0.6 is 11.6 Å². The van der Waals surface area contributed by atoms with Gasteiger partial charge in [0, 0.05) is 12.1 Å². The Hall–Kier alpha value is -3.49. The van der Waals surface area contributed by atoms with Crippen LogP contribution in [0.4, 0.5) is 27.6 Å². The minimum Gasteiger partial charge on any atom is -0.480 e. The fraction of sp³-hybridized carbons (Fsp3) is 0.375. The van der Waals surface area contributed by atoms with Gasteiger partial charge in [-0.2, -0.15) is 17.9 Å². The molecule has 1 aromatic heterocycles. The summed E-state index contributed by atoms with van der Waals surface area (Å²) < 4.78 is 81.5. The van der Waals surface area contributed by atoms with E-state index in [0.717, 1.165) is 18.6 Å². The van der Waals surface area contributed by atoms with Gasteiger partial charge in [0.25, 0.3) is 5.91 Å². The normalized spacial score (nSPS) is 19.9. The van der Waals surface area contributed by atoms with E-state index in [1.54, 1.807) is 0 Å². The van der Waals surface area contributed by atoms with Gasteiger partial charge in [0.05, 0.1) is 16.3 Å². The molecule has 2 N–H and O–H groups in total. The number of aromatic nitrogens is 3. The molecule has 2 fully saturated rings. The number of epoxide rings is 1. The van der Waals surface area contributed by atoms with Crippen LogP contribution in [0.2, 0.25) is 5.02 Å². The summed E-state index contributed by atoms with van der Waals surface area (Å²) in [6, 6.07) is 4.50. The van der Waals surface area contributed by atoms with Gasteiger partial charge in [-0.25, -0.2) is 13.6 Å². The molecule has 1 aliphatic carbocycles. The molecule has 1 saturated heterocycles. The molecule has 208 valence electrons. The summed E-state index contributed by atoms with van der Waals surface area (Å²) >= 11 is 5.91. The number of benzene rings is 2. The molecule has 0 radical (unpaired) electrons. The standard InChI is InChI=1S/C24H20ClF5N4O5/c1-10(24(28,29)30)38-17-9-16(15(27)8-12(17)21(35)31-18-13(25)6-3-7-14(18)26)34-23(37)33(11-4-2-5-11)20(32-34)19-22(36)39-19/h3,6-11,19,22,36H,2,4-5H2,1H3,(H,31,35)/t10-,19?,22?/m0/s1. The minimum absolute atomic E-state index is 0.0266. The van der Waals surface area contributed by atoms with Crippen molar-refractivity contribution in [3.05, 3.63) is 68.9 Å². The van der Waals surface area contributed by atoms with Gasteiger partial charge in [0.15, 0.2) is 24.3 Å². The molecule has 3 aromatic rings. The molecule has 5 rings (SSSR count). The molecule has 1 aliphatic heterocycles. The number of aliphatic hydroxyl groups excluding tert-OH is 1. The Balaban J connectivity index is 1.60. The molecule has 2 aliphatic rings. The fourth-order valence-electron chi connectivity index (χ4n) is 4.06. The molecule has 1 amide bonds. The first-order valence-electron chi connectivity index (χ1n) is 11.7. The van der Waals surface area contributed by atoms with Crippen LogP contribution in [0.15, 0.2) is 35.1 Å². The van der Waals surface area contributed by atoms with Crippen LogP contribution in [0.1, 0.15) is 54.5 Å². The number of anilines is 1. The molecule has 9 nitrogen and oxygen atoms in total. The molecule has 0 spiro atoms. The molecule has 15 heteroatoms. The molecule has 3 atom stereocenters. The highest BCUT2D eigenvalue weighted by Gasteiger charge is 2.45. The van der Waals surface area contributed by atoms with Gasteiger partial charge in [0.2, 0.25) is 0 Å². The summed E-state index contributed by atoms with van der Waals surface area (Å²) in [6.07, 6.45) is -7.39. The molecular formula is C24H20ClF5N4O5. The summed E-state index contributed by atoms with van der Waals surface area (Å²) in [4.78, 5) is 26.2. The van der Waals surface area contributed by atoms with Gasteiger partial charge in [-0.05, 0) is 44.4 Å². The van der Waals surface area contributed by atoms with E-state index in [1.807, 2.05) is 0 Å². The van der Waals surface area contributed by atoms with Crippen molar-refractivity contribution in [3.63, 3.8) is 0 Å². The zero-order chi connectivity index (χ0) is 28.2. The summed E-state index contributed by atoms with van der Waals surface area (Å²) in [7, 11) is 0. The maximum Gasteiger partial charge on any atom is 0.425 e. The number of para-hydroxylation sites is 1. The minimum atomic E-state index is -4.87. The Kier molecular flexibility index (Phi) is 6.89. The lowest BCUT2D eigenvalue weighted by Crippen LogP contribution is -2.33. The van der Waals surface area contributed by atoms with Gasteiger partial charge in [0.1, 0.15) is 23.1 Å². The summed E-state index contributed by atoms with van der Waals surface area (Å²) in [5.41, 5.74) is -2.63. The van der Waals surface area contributed by atoms with Gasteiger partial charge >= 0.3 is 11.9 Å². The topological polar surface area (TPSA) is 111 Å². The summed E-state index contributed by atoms with van der Waals surface area (Å²) in [6.45, 7) is 0.667. The van der Waals surface area contributed by atoms with Crippen molar-refractivity contribution in [2.24, 2.45) is 0 Å². The number of rotatable bonds is 7. The third-order valence-corrected chi connectivity index (χ3v) is 6.80. The quantitative estimate of drug-likeness (QED) is 0.314. The number of nitrogens with one attached hydrogen (secondary N) is 1. The molecule has 2 heterocycles. The second kappa shape index (κ2) is 9.92. The first kappa shape index (κ1) is 27.1. The zero-order valence-electron chi connectivity index (χ0n) is 20.0. The Labute approximate surface area is 221 Å². The van der Waals surface area contributed by atoms with Crippen molar-refractivity contribution in [2.45, 2.75) is 56.9 Å². The van der Waals surface area contributed by atoms with E-state index >= 15 is 4.39 Å². The van der Waals surface area contributed by atoms with E-state index in [-0.39, 0.29) is 16.9 Å².